The van der Waals surface area contributed by atoms with Gasteiger partial charge < -0.3 is 15.8 Å². The van der Waals surface area contributed by atoms with E-state index in [1.165, 1.54) is 6.07 Å². The molecule has 0 spiro atoms. The number of methoxy groups -OCH3 is 1. The first-order valence-corrected chi connectivity index (χ1v) is 10.1. The summed E-state index contributed by atoms with van der Waals surface area (Å²) in [6, 6.07) is 5.08. The predicted molar refractivity (Wildman–Crippen MR) is 113 cm³/mol. The highest BCUT2D eigenvalue weighted by Gasteiger charge is 2.31. The summed E-state index contributed by atoms with van der Waals surface area (Å²) in [5.74, 6) is 1.94. The van der Waals surface area contributed by atoms with Gasteiger partial charge in [0.2, 0.25) is 5.88 Å². The van der Waals surface area contributed by atoms with E-state index in [4.69, 9.17) is 10.5 Å². The number of aryl methyl sites for hydroxylation is 1. The second-order valence-corrected chi connectivity index (χ2v) is 7.96. The predicted octanol–water partition coefficient (Wildman–Crippen LogP) is 5.38. The molecular weight excluding hydrogens is 407 g/mol. The monoisotopic (exact) mass is 431 g/mol. The van der Waals surface area contributed by atoms with Crippen LogP contribution >= 0.6 is 0 Å². The van der Waals surface area contributed by atoms with Gasteiger partial charge in [0.25, 0.3) is 0 Å². The van der Waals surface area contributed by atoms with Crippen molar-refractivity contribution in [1.82, 2.24) is 15.0 Å². The van der Waals surface area contributed by atoms with Crippen LogP contribution in [0.15, 0.2) is 24.3 Å². The number of fused-ring (bicyclic) bond motifs is 1. The maximum Gasteiger partial charge on any atom is 0.416 e. The molecule has 3 aromatic rings. The SMILES string of the molecule is COc1nc2nc(C)nc(N[C@H](C)c3cc(N)cc(C(F)(F)F)c3)c2cc1C1CCC1. The highest BCUT2D eigenvalue weighted by molar-refractivity contribution is 5.88. The highest BCUT2D eigenvalue weighted by Crippen LogP contribution is 2.42. The molecular formula is C22H24F3N5O. The van der Waals surface area contributed by atoms with Crippen molar-refractivity contribution in [2.45, 2.75) is 51.2 Å². The van der Waals surface area contributed by atoms with Gasteiger partial charge in [0.05, 0.1) is 24.1 Å². The summed E-state index contributed by atoms with van der Waals surface area (Å²) in [7, 11) is 1.59. The van der Waals surface area contributed by atoms with Crippen molar-refractivity contribution in [2.24, 2.45) is 0 Å². The Balaban J connectivity index is 1.75. The summed E-state index contributed by atoms with van der Waals surface area (Å²) in [4.78, 5) is 13.5. The molecule has 1 atom stereocenters. The Hall–Kier alpha value is -3.10. The standard InChI is InChI=1S/C22H24F3N5O/c1-11(14-7-15(22(23,24)25)9-16(26)8-14)27-19-18-10-17(13-5-4-6-13)21(31-3)30-20(18)29-12(2)28-19/h7-11,13H,4-6,26H2,1-3H3,(H,27,28,29,30)/t11-/m1/s1. The second kappa shape index (κ2) is 7.86. The molecule has 0 aliphatic heterocycles. The molecule has 0 amide bonds. The van der Waals surface area contributed by atoms with Crippen LogP contribution in [0.5, 0.6) is 5.88 Å². The quantitative estimate of drug-likeness (QED) is 0.527. The van der Waals surface area contributed by atoms with Gasteiger partial charge in [-0.3, -0.25) is 0 Å². The molecule has 164 valence electrons. The van der Waals surface area contributed by atoms with Gasteiger partial charge in [-0.05, 0) is 62.4 Å². The summed E-state index contributed by atoms with van der Waals surface area (Å²) >= 11 is 0. The molecule has 0 radical (unpaired) electrons. The minimum absolute atomic E-state index is 0.0564. The number of aromatic nitrogens is 3. The first kappa shape index (κ1) is 21.1. The van der Waals surface area contributed by atoms with Gasteiger partial charge in [0.1, 0.15) is 11.6 Å². The minimum atomic E-state index is -4.47. The van der Waals surface area contributed by atoms with Crippen LogP contribution in [0.2, 0.25) is 0 Å². The van der Waals surface area contributed by atoms with Crippen molar-refractivity contribution in [2.75, 3.05) is 18.2 Å². The second-order valence-electron chi connectivity index (χ2n) is 7.96. The molecule has 2 aromatic heterocycles. The van der Waals surface area contributed by atoms with Crippen LogP contribution in [0.25, 0.3) is 11.0 Å². The Bertz CT molecular complexity index is 1130. The van der Waals surface area contributed by atoms with Crippen molar-refractivity contribution >= 4 is 22.5 Å². The lowest BCUT2D eigenvalue weighted by Crippen LogP contribution is -2.14. The number of nitrogens with two attached hydrogens (primary N) is 1. The first-order valence-electron chi connectivity index (χ1n) is 10.1. The van der Waals surface area contributed by atoms with Crippen LogP contribution in [0.3, 0.4) is 0 Å². The molecule has 1 saturated carbocycles. The van der Waals surface area contributed by atoms with E-state index in [9.17, 15) is 13.2 Å². The lowest BCUT2D eigenvalue weighted by Gasteiger charge is -2.27. The van der Waals surface area contributed by atoms with Crippen LogP contribution in [0, 0.1) is 6.92 Å². The third-order valence-electron chi connectivity index (χ3n) is 5.69. The summed E-state index contributed by atoms with van der Waals surface area (Å²) in [6.07, 6.45) is -1.17. The number of nitrogens with one attached hydrogen (secondary N) is 1. The zero-order chi connectivity index (χ0) is 22.3. The van der Waals surface area contributed by atoms with E-state index >= 15 is 0 Å². The van der Waals surface area contributed by atoms with Crippen LogP contribution in [-0.4, -0.2) is 22.1 Å². The van der Waals surface area contributed by atoms with Gasteiger partial charge in [-0.15, -0.1) is 0 Å². The fraction of sp³-hybridized carbons (Fsp3) is 0.409. The lowest BCUT2D eigenvalue weighted by atomic mass is 9.80. The van der Waals surface area contributed by atoms with Crippen molar-refractivity contribution in [3.05, 3.63) is 46.8 Å². The van der Waals surface area contributed by atoms with Crippen molar-refractivity contribution in [3.8, 4) is 5.88 Å². The molecule has 6 nitrogen and oxygen atoms in total. The van der Waals surface area contributed by atoms with Crippen molar-refractivity contribution in [1.29, 1.82) is 0 Å². The molecule has 1 aliphatic carbocycles. The van der Waals surface area contributed by atoms with E-state index in [1.807, 2.05) is 6.07 Å². The molecule has 9 heteroatoms. The van der Waals surface area contributed by atoms with E-state index in [2.05, 4.69) is 20.3 Å². The molecule has 31 heavy (non-hydrogen) atoms. The largest absolute Gasteiger partial charge is 0.481 e. The lowest BCUT2D eigenvalue weighted by molar-refractivity contribution is -0.137. The number of rotatable bonds is 5. The van der Waals surface area contributed by atoms with Crippen LogP contribution in [0.1, 0.15) is 60.7 Å². The van der Waals surface area contributed by atoms with Gasteiger partial charge in [0.15, 0.2) is 5.65 Å². The molecule has 4 rings (SSSR count). The van der Waals surface area contributed by atoms with Crippen LogP contribution < -0.4 is 15.8 Å². The number of pyridine rings is 1. The van der Waals surface area contributed by atoms with Gasteiger partial charge in [-0.2, -0.15) is 18.2 Å². The Morgan fingerprint density at radius 2 is 1.87 bits per heavy atom. The zero-order valence-electron chi connectivity index (χ0n) is 17.5. The smallest absolute Gasteiger partial charge is 0.416 e. The van der Waals surface area contributed by atoms with Crippen LogP contribution in [0.4, 0.5) is 24.7 Å². The molecule has 1 aromatic carbocycles. The number of nitrogen functional groups attached to an aromatic ring is 1. The fourth-order valence-electron chi connectivity index (χ4n) is 3.83. The Morgan fingerprint density at radius 1 is 1.13 bits per heavy atom. The Morgan fingerprint density at radius 3 is 2.48 bits per heavy atom. The molecule has 2 heterocycles. The topological polar surface area (TPSA) is 86.0 Å². The van der Waals surface area contributed by atoms with E-state index in [1.54, 1.807) is 21.0 Å². The Labute approximate surface area is 178 Å². The number of benzene rings is 1. The third kappa shape index (κ3) is 4.22. The average Bonchev–Trinajstić information content (AvgIpc) is 2.65. The number of hydrogen-bond acceptors (Lipinski definition) is 6. The number of alkyl halides is 3. The summed E-state index contributed by atoms with van der Waals surface area (Å²) in [5, 5.41) is 3.94. The fourth-order valence-corrected chi connectivity index (χ4v) is 3.83. The average molecular weight is 431 g/mol. The summed E-state index contributed by atoms with van der Waals surface area (Å²) in [6.45, 7) is 3.51. The number of hydrogen-bond donors (Lipinski definition) is 2. The minimum Gasteiger partial charge on any atom is -0.481 e. The summed E-state index contributed by atoms with van der Waals surface area (Å²) in [5.41, 5.74) is 6.91. The number of nitrogens with zero attached hydrogens (tertiary/aromatic N) is 3. The molecule has 0 saturated heterocycles. The number of anilines is 2. The number of halogens is 3. The van der Waals surface area contributed by atoms with Gasteiger partial charge in [-0.25, -0.2) is 9.97 Å². The van der Waals surface area contributed by atoms with E-state index in [0.717, 1.165) is 37.0 Å². The maximum absolute atomic E-state index is 13.2. The summed E-state index contributed by atoms with van der Waals surface area (Å²) < 4.78 is 45.1. The molecule has 3 N–H and O–H groups in total. The highest BCUT2D eigenvalue weighted by atomic mass is 19.4. The molecule has 1 aliphatic rings. The molecule has 0 bridgehead atoms. The normalized spacial score (nSPS) is 15.5. The van der Waals surface area contributed by atoms with Gasteiger partial charge in [0, 0.05) is 11.3 Å². The van der Waals surface area contributed by atoms with E-state index < -0.39 is 17.8 Å². The Kier molecular flexibility index (Phi) is 5.36. The van der Waals surface area contributed by atoms with Crippen molar-refractivity contribution in [3.63, 3.8) is 0 Å². The van der Waals surface area contributed by atoms with E-state index in [0.29, 0.717) is 40.0 Å². The molecule has 1 fully saturated rings. The first-order chi connectivity index (χ1) is 14.7. The van der Waals surface area contributed by atoms with Gasteiger partial charge >= 0.3 is 6.18 Å². The third-order valence-corrected chi connectivity index (χ3v) is 5.69. The number of ether oxygens (including phenoxy) is 1. The van der Waals surface area contributed by atoms with Crippen molar-refractivity contribution < 1.29 is 17.9 Å². The van der Waals surface area contributed by atoms with Crippen LogP contribution in [-0.2, 0) is 6.18 Å². The molecule has 0 unspecified atom stereocenters. The van der Waals surface area contributed by atoms with Gasteiger partial charge in [-0.1, -0.05) is 6.42 Å². The maximum atomic E-state index is 13.2. The zero-order valence-corrected chi connectivity index (χ0v) is 17.5. The van der Waals surface area contributed by atoms with E-state index in [-0.39, 0.29) is 5.69 Å².